The van der Waals surface area contributed by atoms with E-state index in [-0.39, 0.29) is 0 Å². The van der Waals surface area contributed by atoms with Gasteiger partial charge in [-0.2, -0.15) is 11.8 Å². The summed E-state index contributed by atoms with van der Waals surface area (Å²) in [6.07, 6.45) is 2.12. The quantitative estimate of drug-likeness (QED) is 0.673. The van der Waals surface area contributed by atoms with Gasteiger partial charge in [0.1, 0.15) is 0 Å². The van der Waals surface area contributed by atoms with Gasteiger partial charge >= 0.3 is 0 Å². The first kappa shape index (κ1) is 12.0. The fourth-order valence-corrected chi connectivity index (χ4v) is 2.01. The maximum absolute atomic E-state index is 5.72. The number of nitrogens with one attached hydrogen (secondary N) is 1. The molecule has 1 atom stereocenters. The molecule has 1 rings (SSSR count). The Balaban J connectivity index is 2.47. The molecule has 0 fully saturated rings. The third-order valence-electron chi connectivity index (χ3n) is 2.19. The summed E-state index contributed by atoms with van der Waals surface area (Å²) in [4.78, 5) is 0. The van der Waals surface area contributed by atoms with Gasteiger partial charge in [0.05, 0.1) is 11.4 Å². The predicted octanol–water partition coefficient (Wildman–Crippen LogP) is 2.26. The molecular formula is C11H19N3S. The molecule has 0 spiro atoms. The van der Waals surface area contributed by atoms with Crippen LogP contribution in [-0.2, 0) is 0 Å². The maximum Gasteiger partial charge on any atom is 0.0568 e. The summed E-state index contributed by atoms with van der Waals surface area (Å²) in [6, 6.07) is 5.66. The molecule has 3 nitrogen and oxygen atoms in total. The van der Waals surface area contributed by atoms with Gasteiger partial charge in [-0.3, -0.25) is 0 Å². The topological polar surface area (TPSA) is 64.1 Å². The zero-order valence-corrected chi connectivity index (χ0v) is 10.1. The second-order valence-electron chi connectivity index (χ2n) is 3.79. The first-order chi connectivity index (χ1) is 7.13. The molecule has 1 aromatic carbocycles. The summed E-state index contributed by atoms with van der Waals surface area (Å²) in [6.45, 7) is 3.19. The van der Waals surface area contributed by atoms with Crippen LogP contribution >= 0.6 is 11.8 Å². The van der Waals surface area contributed by atoms with E-state index in [1.54, 1.807) is 0 Å². The number of rotatable bonds is 5. The molecule has 0 saturated carbocycles. The van der Waals surface area contributed by atoms with Gasteiger partial charge in [-0.1, -0.05) is 6.92 Å². The highest BCUT2D eigenvalue weighted by Crippen LogP contribution is 2.19. The van der Waals surface area contributed by atoms with Gasteiger partial charge in [0, 0.05) is 12.2 Å². The van der Waals surface area contributed by atoms with Crippen LogP contribution in [0.2, 0.25) is 0 Å². The first-order valence-electron chi connectivity index (χ1n) is 5.01. The summed E-state index contributed by atoms with van der Waals surface area (Å²) in [7, 11) is 0. The summed E-state index contributed by atoms with van der Waals surface area (Å²) in [5.41, 5.74) is 13.7. The number of nitrogens with two attached hydrogens (primary N) is 2. The Hall–Kier alpha value is -1.03. The van der Waals surface area contributed by atoms with E-state index in [9.17, 15) is 0 Å². The zero-order chi connectivity index (χ0) is 11.3. The van der Waals surface area contributed by atoms with E-state index < -0.39 is 0 Å². The Morgan fingerprint density at radius 3 is 2.67 bits per heavy atom. The molecule has 1 aromatic rings. The molecule has 0 aromatic heterocycles. The molecule has 0 aliphatic carbocycles. The highest BCUT2D eigenvalue weighted by atomic mass is 32.2. The monoisotopic (exact) mass is 225 g/mol. The largest absolute Gasteiger partial charge is 0.397 e. The van der Waals surface area contributed by atoms with E-state index in [0.717, 1.165) is 18.0 Å². The molecule has 5 N–H and O–H groups in total. The van der Waals surface area contributed by atoms with Gasteiger partial charge in [0.25, 0.3) is 0 Å². The van der Waals surface area contributed by atoms with Gasteiger partial charge in [0.2, 0.25) is 0 Å². The predicted molar refractivity (Wildman–Crippen MR) is 71.3 cm³/mol. The Morgan fingerprint density at radius 2 is 2.07 bits per heavy atom. The SMILES string of the molecule is CSCC(C)CNc1ccc(N)c(N)c1. The molecule has 0 aliphatic heterocycles. The van der Waals surface area contributed by atoms with Crippen molar-refractivity contribution in [3.8, 4) is 0 Å². The standard InChI is InChI=1S/C11H19N3S/c1-8(7-15-2)6-14-9-3-4-10(12)11(13)5-9/h3-5,8,14H,6-7,12-13H2,1-2H3. The Morgan fingerprint density at radius 1 is 1.33 bits per heavy atom. The zero-order valence-electron chi connectivity index (χ0n) is 9.29. The molecule has 15 heavy (non-hydrogen) atoms. The molecule has 0 bridgehead atoms. The Labute approximate surface area is 95.6 Å². The maximum atomic E-state index is 5.72. The Bertz CT molecular complexity index is 315. The summed E-state index contributed by atoms with van der Waals surface area (Å²) < 4.78 is 0. The molecule has 0 saturated heterocycles. The van der Waals surface area contributed by atoms with Crippen molar-refractivity contribution in [1.29, 1.82) is 0 Å². The lowest BCUT2D eigenvalue weighted by Gasteiger charge is -2.13. The average molecular weight is 225 g/mol. The van der Waals surface area contributed by atoms with Gasteiger partial charge in [-0.15, -0.1) is 0 Å². The third-order valence-corrected chi connectivity index (χ3v) is 3.09. The second kappa shape index (κ2) is 5.75. The highest BCUT2D eigenvalue weighted by Gasteiger charge is 2.01. The van der Waals surface area contributed by atoms with Crippen LogP contribution in [-0.4, -0.2) is 18.6 Å². The number of thioether (sulfide) groups is 1. The minimum atomic E-state index is 0.637. The average Bonchev–Trinajstić information content (AvgIpc) is 2.20. The second-order valence-corrected chi connectivity index (χ2v) is 4.70. The van der Waals surface area contributed by atoms with Gasteiger partial charge < -0.3 is 16.8 Å². The summed E-state index contributed by atoms with van der Waals surface area (Å²) >= 11 is 1.87. The van der Waals surface area contributed by atoms with E-state index in [0.29, 0.717) is 17.3 Å². The van der Waals surface area contributed by atoms with E-state index >= 15 is 0 Å². The molecule has 0 amide bonds. The minimum absolute atomic E-state index is 0.637. The third kappa shape index (κ3) is 3.91. The smallest absolute Gasteiger partial charge is 0.0568 e. The van der Waals surface area contributed by atoms with Crippen LogP contribution in [0.1, 0.15) is 6.92 Å². The van der Waals surface area contributed by atoms with Crippen molar-refractivity contribution in [2.75, 3.05) is 35.3 Å². The number of benzene rings is 1. The first-order valence-corrected chi connectivity index (χ1v) is 6.40. The van der Waals surface area contributed by atoms with Gasteiger partial charge in [0.15, 0.2) is 0 Å². The van der Waals surface area contributed by atoms with Crippen LogP contribution in [0.25, 0.3) is 0 Å². The fraction of sp³-hybridized carbons (Fsp3) is 0.455. The normalized spacial score (nSPS) is 12.4. The van der Waals surface area contributed by atoms with Crippen LogP contribution in [0.3, 0.4) is 0 Å². The van der Waals surface area contributed by atoms with Crippen molar-refractivity contribution < 1.29 is 0 Å². The number of anilines is 3. The van der Waals surface area contributed by atoms with E-state index in [1.807, 2.05) is 30.0 Å². The van der Waals surface area contributed by atoms with Crippen molar-refractivity contribution >= 4 is 28.8 Å². The molecule has 84 valence electrons. The lowest BCUT2D eigenvalue weighted by molar-refractivity contribution is 0.702. The van der Waals surface area contributed by atoms with Crippen molar-refractivity contribution in [2.45, 2.75) is 6.92 Å². The van der Waals surface area contributed by atoms with Gasteiger partial charge in [-0.25, -0.2) is 0 Å². The van der Waals surface area contributed by atoms with Crippen LogP contribution in [0.4, 0.5) is 17.1 Å². The van der Waals surface area contributed by atoms with Crippen LogP contribution in [0, 0.1) is 5.92 Å². The minimum Gasteiger partial charge on any atom is -0.397 e. The van der Waals surface area contributed by atoms with Crippen LogP contribution < -0.4 is 16.8 Å². The van der Waals surface area contributed by atoms with Crippen LogP contribution in [0.15, 0.2) is 18.2 Å². The van der Waals surface area contributed by atoms with Crippen LogP contribution in [0.5, 0.6) is 0 Å². The molecule has 4 heteroatoms. The summed E-state index contributed by atoms with van der Waals surface area (Å²) in [5.74, 6) is 1.82. The molecule has 0 heterocycles. The molecule has 1 unspecified atom stereocenters. The van der Waals surface area contributed by atoms with Crippen molar-refractivity contribution in [2.24, 2.45) is 5.92 Å². The van der Waals surface area contributed by atoms with Crippen molar-refractivity contribution in [3.63, 3.8) is 0 Å². The van der Waals surface area contributed by atoms with E-state index in [4.69, 9.17) is 11.5 Å². The van der Waals surface area contributed by atoms with Gasteiger partial charge in [-0.05, 0) is 36.1 Å². The molecular weight excluding hydrogens is 206 g/mol. The lowest BCUT2D eigenvalue weighted by atomic mass is 10.2. The summed E-state index contributed by atoms with van der Waals surface area (Å²) in [5, 5.41) is 3.35. The molecule has 0 aliphatic rings. The highest BCUT2D eigenvalue weighted by molar-refractivity contribution is 7.98. The number of hydrogen-bond acceptors (Lipinski definition) is 4. The lowest BCUT2D eigenvalue weighted by Crippen LogP contribution is -2.13. The van der Waals surface area contributed by atoms with Crippen molar-refractivity contribution in [1.82, 2.24) is 0 Å². The number of hydrogen-bond donors (Lipinski definition) is 3. The van der Waals surface area contributed by atoms with E-state index in [1.165, 1.54) is 0 Å². The Kier molecular flexibility index (Phi) is 4.62. The van der Waals surface area contributed by atoms with E-state index in [2.05, 4.69) is 18.5 Å². The molecule has 0 radical (unpaired) electrons. The van der Waals surface area contributed by atoms with Crippen molar-refractivity contribution in [3.05, 3.63) is 18.2 Å². The number of nitrogen functional groups attached to an aromatic ring is 2. The fourth-order valence-electron chi connectivity index (χ4n) is 1.32.